The highest BCUT2D eigenvalue weighted by Gasteiger charge is 2.55. The maximum Gasteiger partial charge on any atom is 0.423 e. The van der Waals surface area contributed by atoms with Crippen LogP contribution in [0, 0.1) is 18.3 Å². The van der Waals surface area contributed by atoms with E-state index in [1.807, 2.05) is 43.3 Å². The van der Waals surface area contributed by atoms with Crippen LogP contribution >= 0.6 is 0 Å². The van der Waals surface area contributed by atoms with Crippen molar-refractivity contribution >= 4 is 10.9 Å². The van der Waals surface area contributed by atoms with Crippen molar-refractivity contribution in [1.29, 1.82) is 5.26 Å². The van der Waals surface area contributed by atoms with E-state index in [1.54, 1.807) is 12.1 Å². The monoisotopic (exact) mass is 451 g/mol. The van der Waals surface area contributed by atoms with E-state index in [4.69, 9.17) is 0 Å². The van der Waals surface area contributed by atoms with E-state index in [1.165, 1.54) is 11.6 Å². The molecule has 4 aromatic rings. The van der Waals surface area contributed by atoms with Gasteiger partial charge in [0.05, 0.1) is 18.3 Å². The third kappa shape index (κ3) is 4.17. The van der Waals surface area contributed by atoms with Gasteiger partial charge in [0, 0.05) is 5.39 Å². The summed E-state index contributed by atoms with van der Waals surface area (Å²) in [5.41, 5.74) is 0.884. The van der Waals surface area contributed by atoms with E-state index in [-0.39, 0.29) is 12.2 Å². The van der Waals surface area contributed by atoms with Crippen LogP contribution in [0.4, 0.5) is 13.2 Å². The van der Waals surface area contributed by atoms with Gasteiger partial charge in [0.25, 0.3) is 0 Å². The van der Waals surface area contributed by atoms with Gasteiger partial charge in [0.1, 0.15) is 17.5 Å². The topological polar surface area (TPSA) is 87.6 Å². The van der Waals surface area contributed by atoms with E-state index in [9.17, 15) is 23.5 Å². The number of aryl methyl sites for hydroxylation is 1. The number of pyridine rings is 1. The lowest BCUT2D eigenvalue weighted by atomic mass is 9.96. The zero-order valence-corrected chi connectivity index (χ0v) is 17.9. The van der Waals surface area contributed by atoms with Crippen LogP contribution in [0.5, 0.6) is 0 Å². The number of aromatic nitrogens is 4. The number of aliphatic hydroxyl groups is 1. The van der Waals surface area contributed by atoms with E-state index in [0.717, 1.165) is 28.3 Å². The molecule has 2 aromatic carbocycles. The molecule has 0 aliphatic rings. The van der Waals surface area contributed by atoms with E-state index in [2.05, 4.69) is 21.4 Å². The normalized spacial score (nSPS) is 13.6. The van der Waals surface area contributed by atoms with E-state index in [0.29, 0.717) is 11.1 Å². The molecule has 0 spiro atoms. The Hall–Kier alpha value is -3.77. The second-order valence-corrected chi connectivity index (χ2v) is 7.90. The van der Waals surface area contributed by atoms with Crippen molar-refractivity contribution in [3.63, 3.8) is 0 Å². The molecule has 4 rings (SSSR count). The van der Waals surface area contributed by atoms with Gasteiger partial charge in [0.15, 0.2) is 0 Å². The predicted octanol–water partition coefficient (Wildman–Crippen LogP) is 4.88. The molecule has 9 heteroatoms. The average molecular weight is 451 g/mol. The number of rotatable bonds is 5. The number of halogens is 3. The molecule has 168 valence electrons. The molecule has 1 unspecified atom stereocenters. The summed E-state index contributed by atoms with van der Waals surface area (Å²) >= 11 is 0. The Bertz CT molecular complexity index is 1360. The Labute approximate surface area is 187 Å². The molecule has 0 bridgehead atoms. The van der Waals surface area contributed by atoms with E-state index < -0.39 is 23.9 Å². The molecule has 0 amide bonds. The van der Waals surface area contributed by atoms with E-state index >= 15 is 0 Å². The fourth-order valence-corrected chi connectivity index (χ4v) is 3.68. The van der Waals surface area contributed by atoms with Crippen LogP contribution in [-0.4, -0.2) is 31.3 Å². The molecule has 0 radical (unpaired) electrons. The third-order valence-electron chi connectivity index (χ3n) is 5.64. The standard InChI is InChI=1S/C24H20F3N5O/c1-3-23(33,24(25,26)27)22-14-32(31-30-22)13-16-6-9-19-20(17-7-4-15(2)5-8-17)11-18(12-28)29-21(19)10-16/h4-11,14,33H,3,13H2,1-2H3. The summed E-state index contributed by atoms with van der Waals surface area (Å²) in [4.78, 5) is 4.39. The predicted molar refractivity (Wildman–Crippen MR) is 116 cm³/mol. The summed E-state index contributed by atoms with van der Waals surface area (Å²) in [6.45, 7) is 3.35. The van der Waals surface area contributed by atoms with Gasteiger partial charge in [-0.1, -0.05) is 54.1 Å². The zero-order valence-electron chi connectivity index (χ0n) is 17.9. The summed E-state index contributed by atoms with van der Waals surface area (Å²) in [5.74, 6) is 0. The molecule has 0 aliphatic heterocycles. The van der Waals surface area contributed by atoms with Crippen LogP contribution in [0.2, 0.25) is 0 Å². The first-order valence-electron chi connectivity index (χ1n) is 10.2. The van der Waals surface area contributed by atoms with Gasteiger partial charge in [-0.25, -0.2) is 9.67 Å². The van der Waals surface area contributed by atoms with Crippen LogP contribution < -0.4 is 0 Å². The number of nitrogens with zero attached hydrogens (tertiary/aromatic N) is 5. The average Bonchev–Trinajstić information content (AvgIpc) is 3.26. The molecule has 1 N–H and O–H groups in total. The van der Waals surface area contributed by atoms with Crippen LogP contribution in [0.3, 0.4) is 0 Å². The molecule has 1 atom stereocenters. The Kier molecular flexibility index (Phi) is 5.64. The van der Waals surface area contributed by atoms with Gasteiger partial charge in [0.2, 0.25) is 5.60 Å². The lowest BCUT2D eigenvalue weighted by molar-refractivity contribution is -0.269. The summed E-state index contributed by atoms with van der Waals surface area (Å²) in [5, 5.41) is 27.7. The summed E-state index contributed by atoms with van der Waals surface area (Å²) < 4.78 is 41.2. The highest BCUT2D eigenvalue weighted by Crippen LogP contribution is 2.40. The maximum absolute atomic E-state index is 13.3. The number of hydrogen-bond acceptors (Lipinski definition) is 5. The van der Waals surface area contributed by atoms with Crippen molar-refractivity contribution < 1.29 is 18.3 Å². The number of nitriles is 1. The van der Waals surface area contributed by atoms with Crippen molar-refractivity contribution in [3.8, 4) is 17.2 Å². The lowest BCUT2D eigenvalue weighted by Gasteiger charge is -2.26. The van der Waals surface area contributed by atoms with Crippen molar-refractivity contribution in [2.75, 3.05) is 0 Å². The lowest BCUT2D eigenvalue weighted by Crippen LogP contribution is -2.42. The molecule has 6 nitrogen and oxygen atoms in total. The molecule has 0 aliphatic carbocycles. The number of fused-ring (bicyclic) bond motifs is 1. The SMILES string of the molecule is CCC(O)(c1cn(Cc2ccc3c(-c4ccc(C)cc4)cc(C#N)nc3c2)nn1)C(F)(F)F. The van der Waals surface area contributed by atoms with Gasteiger partial charge < -0.3 is 5.11 Å². The Morgan fingerprint density at radius 3 is 2.45 bits per heavy atom. The first-order chi connectivity index (χ1) is 15.6. The quantitative estimate of drug-likeness (QED) is 0.467. The van der Waals surface area contributed by atoms with Crippen LogP contribution in [0.25, 0.3) is 22.0 Å². The van der Waals surface area contributed by atoms with Crippen molar-refractivity contribution in [2.24, 2.45) is 0 Å². The van der Waals surface area contributed by atoms with Gasteiger partial charge in [-0.15, -0.1) is 5.10 Å². The minimum atomic E-state index is -4.87. The first-order valence-corrected chi connectivity index (χ1v) is 10.2. The Morgan fingerprint density at radius 1 is 1.09 bits per heavy atom. The molecular weight excluding hydrogens is 431 g/mol. The molecule has 0 fully saturated rings. The van der Waals surface area contributed by atoms with Crippen LogP contribution in [0.15, 0.2) is 54.7 Å². The fourth-order valence-electron chi connectivity index (χ4n) is 3.68. The van der Waals surface area contributed by atoms with Crippen molar-refractivity contribution in [3.05, 3.63) is 77.2 Å². The zero-order chi connectivity index (χ0) is 23.8. The van der Waals surface area contributed by atoms with Gasteiger partial charge in [-0.3, -0.25) is 0 Å². The van der Waals surface area contributed by atoms with Crippen molar-refractivity contribution in [2.45, 2.75) is 38.6 Å². The minimum absolute atomic E-state index is 0.124. The molecule has 2 heterocycles. The first kappa shape index (κ1) is 22.4. The van der Waals surface area contributed by atoms with Gasteiger partial charge in [-0.05, 0) is 42.2 Å². The molecule has 0 saturated heterocycles. The van der Waals surface area contributed by atoms with Gasteiger partial charge in [-0.2, -0.15) is 18.4 Å². The summed E-state index contributed by atoms with van der Waals surface area (Å²) in [6, 6.07) is 17.2. The molecular formula is C24H20F3N5O. The smallest absolute Gasteiger partial charge is 0.375 e. The van der Waals surface area contributed by atoms with Crippen LogP contribution in [-0.2, 0) is 12.1 Å². The second kappa shape index (κ2) is 8.30. The third-order valence-corrected chi connectivity index (χ3v) is 5.64. The van der Waals surface area contributed by atoms with Crippen molar-refractivity contribution in [1.82, 2.24) is 20.0 Å². The number of alkyl halides is 3. The molecule has 0 saturated carbocycles. The van der Waals surface area contributed by atoms with Gasteiger partial charge >= 0.3 is 6.18 Å². The fraction of sp³-hybridized carbons (Fsp3) is 0.250. The molecule has 2 aromatic heterocycles. The molecule has 33 heavy (non-hydrogen) atoms. The maximum atomic E-state index is 13.3. The number of hydrogen-bond donors (Lipinski definition) is 1. The highest BCUT2D eigenvalue weighted by atomic mass is 19.4. The largest absolute Gasteiger partial charge is 0.423 e. The number of benzene rings is 2. The Morgan fingerprint density at radius 2 is 1.82 bits per heavy atom. The Balaban J connectivity index is 1.71. The summed E-state index contributed by atoms with van der Waals surface area (Å²) in [6.07, 6.45) is -4.35. The van der Waals surface area contributed by atoms with Crippen LogP contribution in [0.1, 0.15) is 35.9 Å². The second-order valence-electron chi connectivity index (χ2n) is 7.90. The summed E-state index contributed by atoms with van der Waals surface area (Å²) in [7, 11) is 0. The highest BCUT2D eigenvalue weighted by molar-refractivity contribution is 5.95. The minimum Gasteiger partial charge on any atom is -0.375 e.